The Morgan fingerprint density at radius 2 is 1.85 bits per heavy atom. The fourth-order valence-electron chi connectivity index (χ4n) is 2.52. The van der Waals surface area contributed by atoms with Crippen LogP contribution in [0.1, 0.15) is 13.2 Å². The highest BCUT2D eigenvalue weighted by Gasteiger charge is 2.26. The van der Waals surface area contributed by atoms with Crippen LogP contribution in [-0.4, -0.2) is 79.5 Å². The molecular weight excluding hydrogens is 342 g/mol. The lowest BCUT2D eigenvalue weighted by Gasteiger charge is -2.28. The topological polar surface area (TPSA) is 116 Å². The van der Waals surface area contributed by atoms with E-state index in [-0.39, 0.29) is 18.4 Å². The van der Waals surface area contributed by atoms with E-state index < -0.39 is 0 Å². The van der Waals surface area contributed by atoms with Crippen LogP contribution >= 0.6 is 0 Å². The predicted octanol–water partition coefficient (Wildman–Crippen LogP) is 0.637. The summed E-state index contributed by atoms with van der Waals surface area (Å²) in [5.74, 6) is 0.329. The van der Waals surface area contributed by atoms with E-state index >= 15 is 0 Å². The number of nitrogen functional groups attached to an aromatic ring is 1. The highest BCUT2D eigenvalue weighted by Crippen LogP contribution is 2.21. The summed E-state index contributed by atoms with van der Waals surface area (Å²) in [4.78, 5) is 12.4. The van der Waals surface area contributed by atoms with Gasteiger partial charge in [-0.25, -0.2) is 15.0 Å². The Labute approximate surface area is 152 Å². The van der Waals surface area contributed by atoms with Crippen molar-refractivity contribution >= 4 is 17.0 Å². The van der Waals surface area contributed by atoms with Crippen molar-refractivity contribution in [3.05, 3.63) is 12.7 Å². The number of methoxy groups -OCH3 is 3. The lowest BCUT2D eigenvalue weighted by molar-refractivity contribution is -0.147. The van der Waals surface area contributed by atoms with E-state index in [0.29, 0.717) is 43.4 Å². The number of rotatable bonds is 12. The summed E-state index contributed by atoms with van der Waals surface area (Å²) < 4.78 is 29.3. The highest BCUT2D eigenvalue weighted by molar-refractivity contribution is 5.81. The van der Waals surface area contributed by atoms with E-state index in [0.717, 1.165) is 0 Å². The minimum atomic E-state index is -0.369. The normalized spacial score (nSPS) is 15.2. The summed E-state index contributed by atoms with van der Waals surface area (Å²) in [6, 6.07) is 0. The van der Waals surface area contributed by atoms with Gasteiger partial charge in [-0.1, -0.05) is 0 Å². The van der Waals surface area contributed by atoms with Crippen molar-refractivity contribution in [1.29, 1.82) is 0 Å². The van der Waals surface area contributed by atoms with Crippen molar-refractivity contribution in [2.75, 3.05) is 53.5 Å². The summed E-state index contributed by atoms with van der Waals surface area (Å²) in [6.07, 6.45) is 2.01. The Morgan fingerprint density at radius 1 is 1.04 bits per heavy atom. The van der Waals surface area contributed by atoms with Gasteiger partial charge in [-0.15, -0.1) is 0 Å². The molecule has 0 saturated heterocycles. The number of aromatic nitrogens is 4. The van der Waals surface area contributed by atoms with Crippen molar-refractivity contribution in [3.63, 3.8) is 0 Å². The second-order valence-corrected chi connectivity index (χ2v) is 5.65. The number of anilines is 1. The quantitative estimate of drug-likeness (QED) is 0.538. The van der Waals surface area contributed by atoms with Crippen LogP contribution in [0.4, 0.5) is 5.82 Å². The first kappa shape index (κ1) is 20.5. The van der Waals surface area contributed by atoms with Gasteiger partial charge in [-0.2, -0.15) is 0 Å². The molecule has 2 heterocycles. The molecule has 146 valence electrons. The molecule has 0 spiro atoms. The van der Waals surface area contributed by atoms with Crippen LogP contribution in [0, 0.1) is 0 Å². The standard InChI is InChI=1S/C16H27N5O5/c1-11(21-10-20-14-15(17)18-9-19-16(14)21)26-13(7-23-3)12(24-4)8-25-6-5-22-2/h9-13H,5-8H2,1-4H3,(H2,17,18,19)/t11?,12?,13-/m1/s1. The van der Waals surface area contributed by atoms with Gasteiger partial charge in [0.25, 0.3) is 0 Å². The number of hydrogen-bond acceptors (Lipinski definition) is 9. The molecule has 2 aromatic heterocycles. The summed E-state index contributed by atoms with van der Waals surface area (Å²) in [5.41, 5.74) is 6.98. The number of nitrogens with zero attached hydrogens (tertiary/aromatic N) is 4. The molecule has 0 saturated carbocycles. The third kappa shape index (κ3) is 5.08. The van der Waals surface area contributed by atoms with Crippen molar-refractivity contribution in [2.24, 2.45) is 0 Å². The average molecular weight is 369 g/mol. The summed E-state index contributed by atoms with van der Waals surface area (Å²) >= 11 is 0. The number of fused-ring (bicyclic) bond motifs is 1. The van der Waals surface area contributed by atoms with Gasteiger partial charge in [-0.05, 0) is 6.92 Å². The van der Waals surface area contributed by atoms with Crippen LogP contribution in [0.3, 0.4) is 0 Å². The molecule has 10 nitrogen and oxygen atoms in total. The summed E-state index contributed by atoms with van der Waals surface area (Å²) in [5, 5.41) is 0. The van der Waals surface area contributed by atoms with Crippen molar-refractivity contribution in [3.8, 4) is 0 Å². The van der Waals surface area contributed by atoms with E-state index in [4.69, 9.17) is 29.4 Å². The van der Waals surface area contributed by atoms with Gasteiger partial charge in [0.05, 0.1) is 32.8 Å². The number of ether oxygens (including phenoxy) is 5. The van der Waals surface area contributed by atoms with E-state index in [1.54, 1.807) is 32.2 Å². The molecule has 2 rings (SSSR count). The monoisotopic (exact) mass is 369 g/mol. The van der Waals surface area contributed by atoms with Crippen molar-refractivity contribution in [2.45, 2.75) is 25.4 Å². The number of nitrogens with two attached hydrogens (primary N) is 1. The molecule has 0 aliphatic heterocycles. The molecule has 0 aliphatic carbocycles. The maximum absolute atomic E-state index is 6.15. The first-order valence-electron chi connectivity index (χ1n) is 8.29. The Balaban J connectivity index is 2.07. The van der Waals surface area contributed by atoms with Gasteiger partial charge < -0.3 is 29.4 Å². The largest absolute Gasteiger partial charge is 0.382 e. The van der Waals surface area contributed by atoms with Gasteiger partial charge in [-0.3, -0.25) is 4.57 Å². The molecule has 2 unspecified atom stereocenters. The van der Waals surface area contributed by atoms with Crippen LogP contribution in [0.15, 0.2) is 12.7 Å². The molecule has 2 aromatic rings. The van der Waals surface area contributed by atoms with E-state index in [2.05, 4.69) is 15.0 Å². The average Bonchev–Trinajstić information content (AvgIpc) is 3.07. The molecule has 0 aromatic carbocycles. The molecule has 0 bridgehead atoms. The highest BCUT2D eigenvalue weighted by atomic mass is 16.6. The summed E-state index contributed by atoms with van der Waals surface area (Å²) in [6.45, 7) is 3.60. The molecule has 2 N–H and O–H groups in total. The smallest absolute Gasteiger partial charge is 0.167 e. The van der Waals surface area contributed by atoms with Crippen LogP contribution in [-0.2, 0) is 23.7 Å². The van der Waals surface area contributed by atoms with Crippen LogP contribution < -0.4 is 5.73 Å². The summed E-state index contributed by atoms with van der Waals surface area (Å²) in [7, 11) is 4.85. The zero-order valence-electron chi connectivity index (χ0n) is 15.6. The maximum Gasteiger partial charge on any atom is 0.167 e. The Morgan fingerprint density at radius 3 is 2.54 bits per heavy atom. The van der Waals surface area contributed by atoms with Crippen LogP contribution in [0.25, 0.3) is 11.2 Å². The molecule has 0 amide bonds. The van der Waals surface area contributed by atoms with Crippen molar-refractivity contribution in [1.82, 2.24) is 19.5 Å². The lowest BCUT2D eigenvalue weighted by atomic mass is 10.2. The van der Waals surface area contributed by atoms with Gasteiger partial charge in [0.1, 0.15) is 30.3 Å². The third-order valence-corrected chi connectivity index (χ3v) is 3.91. The maximum atomic E-state index is 6.15. The third-order valence-electron chi connectivity index (χ3n) is 3.91. The van der Waals surface area contributed by atoms with Gasteiger partial charge >= 0.3 is 0 Å². The number of hydrogen-bond donors (Lipinski definition) is 1. The second-order valence-electron chi connectivity index (χ2n) is 5.65. The Bertz CT molecular complexity index is 668. The van der Waals surface area contributed by atoms with Gasteiger partial charge in [0.15, 0.2) is 11.5 Å². The number of imidazole rings is 1. The van der Waals surface area contributed by atoms with E-state index in [1.165, 1.54) is 6.33 Å². The van der Waals surface area contributed by atoms with Crippen molar-refractivity contribution < 1.29 is 23.7 Å². The van der Waals surface area contributed by atoms with E-state index in [1.807, 2.05) is 6.92 Å². The zero-order valence-corrected chi connectivity index (χ0v) is 15.6. The van der Waals surface area contributed by atoms with Crippen LogP contribution in [0.2, 0.25) is 0 Å². The fraction of sp³-hybridized carbons (Fsp3) is 0.688. The molecule has 10 heteroatoms. The molecule has 0 radical (unpaired) electrons. The van der Waals surface area contributed by atoms with E-state index in [9.17, 15) is 0 Å². The van der Waals surface area contributed by atoms with Gasteiger partial charge in [0.2, 0.25) is 0 Å². The fourth-order valence-corrected chi connectivity index (χ4v) is 2.52. The second kappa shape index (κ2) is 10.3. The first-order chi connectivity index (χ1) is 12.6. The minimum Gasteiger partial charge on any atom is -0.382 e. The molecule has 3 atom stereocenters. The molecule has 0 aliphatic rings. The zero-order chi connectivity index (χ0) is 18.9. The lowest BCUT2D eigenvalue weighted by Crippen LogP contribution is -2.39. The SMILES string of the molecule is COCCOCC(OC)[C@@H](COC)OC(C)n1cnc2c(N)ncnc21. The molecule has 0 fully saturated rings. The Kier molecular flexibility index (Phi) is 8.13. The first-order valence-corrected chi connectivity index (χ1v) is 8.29. The predicted molar refractivity (Wildman–Crippen MR) is 94.7 cm³/mol. The minimum absolute atomic E-state index is 0.302. The molecule has 26 heavy (non-hydrogen) atoms. The molecular formula is C16H27N5O5. The Hall–Kier alpha value is -1.85. The van der Waals surface area contributed by atoms with Crippen LogP contribution in [0.5, 0.6) is 0 Å². The van der Waals surface area contributed by atoms with Gasteiger partial charge in [0, 0.05) is 21.3 Å².